The molecule has 0 aliphatic heterocycles. The highest BCUT2D eigenvalue weighted by molar-refractivity contribution is 6.20. The Kier molecular flexibility index (Phi) is 3.72. The van der Waals surface area contributed by atoms with E-state index in [1.54, 1.807) is 0 Å². The van der Waals surface area contributed by atoms with Crippen LogP contribution in [0.4, 0.5) is 0 Å². The predicted octanol–water partition coefficient (Wildman–Crippen LogP) is 3.27. The van der Waals surface area contributed by atoms with E-state index in [-0.39, 0.29) is 5.38 Å². The van der Waals surface area contributed by atoms with E-state index in [1.165, 1.54) is 0 Å². The van der Waals surface area contributed by atoms with Crippen molar-refractivity contribution in [3.8, 4) is 0 Å². The zero-order valence-corrected chi connectivity index (χ0v) is 9.01. The van der Waals surface area contributed by atoms with Crippen LogP contribution in [0.5, 0.6) is 0 Å². The zero-order chi connectivity index (χ0) is 9.84. The molecule has 0 spiro atoms. The lowest BCUT2D eigenvalue weighted by Gasteiger charge is -2.02. The Balaban J connectivity index is 2.67. The van der Waals surface area contributed by atoms with Gasteiger partial charge in [0.25, 0.3) is 0 Å². The Hall–Kier alpha value is -0.570. The maximum Gasteiger partial charge on any atom is 0.234 e. The summed E-state index contributed by atoms with van der Waals surface area (Å²) in [7, 11) is 0. The topological polar surface area (TPSA) is 38.9 Å². The summed E-state index contributed by atoms with van der Waals surface area (Å²) in [6, 6.07) is 0. The smallest absolute Gasteiger partial charge is 0.234 e. The van der Waals surface area contributed by atoms with Crippen LogP contribution in [0.15, 0.2) is 4.42 Å². The first-order valence-corrected chi connectivity index (χ1v) is 5.06. The largest absolute Gasteiger partial charge is 0.423 e. The van der Waals surface area contributed by atoms with Crippen molar-refractivity contribution >= 4 is 11.6 Å². The molecule has 1 aromatic heterocycles. The fraction of sp³-hybridized carbons (Fsp3) is 0.778. The molecule has 3 nitrogen and oxygen atoms in total. The first-order chi connectivity index (χ1) is 6.15. The van der Waals surface area contributed by atoms with Gasteiger partial charge in [-0.1, -0.05) is 20.3 Å². The van der Waals surface area contributed by atoms with Gasteiger partial charge in [0.2, 0.25) is 11.8 Å². The molecular formula is C9H15ClN2O. The summed E-state index contributed by atoms with van der Waals surface area (Å²) < 4.78 is 5.41. The Bertz CT molecular complexity index is 260. The van der Waals surface area contributed by atoms with Gasteiger partial charge >= 0.3 is 0 Å². The molecule has 0 saturated heterocycles. The van der Waals surface area contributed by atoms with Crippen LogP contribution in [-0.4, -0.2) is 10.2 Å². The number of alkyl halides is 1. The van der Waals surface area contributed by atoms with Crippen molar-refractivity contribution in [2.24, 2.45) is 0 Å². The minimum atomic E-state index is -0.199. The lowest BCUT2D eigenvalue weighted by atomic mass is 10.1. The number of hydrogen-bond acceptors (Lipinski definition) is 3. The van der Waals surface area contributed by atoms with Crippen LogP contribution in [0, 0.1) is 0 Å². The standard InChI is InChI=1S/C9H15ClN2O/c1-4-5-6(2)8-11-12-9(13-8)7(3)10/h6-7H,4-5H2,1-3H3. The maximum absolute atomic E-state index is 5.80. The second-order valence-electron chi connectivity index (χ2n) is 3.28. The van der Waals surface area contributed by atoms with Gasteiger partial charge in [0.1, 0.15) is 5.38 Å². The molecular weight excluding hydrogens is 188 g/mol. The lowest BCUT2D eigenvalue weighted by molar-refractivity contribution is 0.413. The van der Waals surface area contributed by atoms with Gasteiger partial charge < -0.3 is 4.42 Å². The third-order valence-electron chi connectivity index (χ3n) is 1.94. The summed E-state index contributed by atoms with van der Waals surface area (Å²) in [5, 5.41) is 7.63. The number of halogens is 1. The van der Waals surface area contributed by atoms with Crippen LogP contribution >= 0.6 is 11.6 Å². The van der Waals surface area contributed by atoms with Crippen molar-refractivity contribution in [2.75, 3.05) is 0 Å². The van der Waals surface area contributed by atoms with Gasteiger partial charge in [-0.2, -0.15) is 0 Å². The van der Waals surface area contributed by atoms with Crippen LogP contribution in [-0.2, 0) is 0 Å². The molecule has 0 bridgehead atoms. The Morgan fingerprint density at radius 1 is 1.31 bits per heavy atom. The summed E-state index contributed by atoms with van der Waals surface area (Å²) >= 11 is 5.80. The van der Waals surface area contributed by atoms with E-state index in [0.29, 0.717) is 17.7 Å². The highest BCUT2D eigenvalue weighted by Gasteiger charge is 2.15. The molecule has 0 saturated carbocycles. The number of nitrogens with zero attached hydrogens (tertiary/aromatic N) is 2. The molecule has 0 fully saturated rings. The molecule has 1 aromatic rings. The monoisotopic (exact) mass is 202 g/mol. The third kappa shape index (κ3) is 2.69. The molecule has 0 N–H and O–H groups in total. The second kappa shape index (κ2) is 4.61. The average Bonchev–Trinajstić information content (AvgIpc) is 2.52. The summed E-state index contributed by atoms with van der Waals surface area (Å²) in [6.45, 7) is 6.04. The molecule has 1 rings (SSSR count). The maximum atomic E-state index is 5.80. The van der Waals surface area contributed by atoms with Crippen molar-refractivity contribution in [2.45, 2.75) is 44.9 Å². The third-order valence-corrected chi connectivity index (χ3v) is 2.13. The molecule has 4 heteroatoms. The van der Waals surface area contributed by atoms with Gasteiger partial charge in [-0.3, -0.25) is 0 Å². The van der Waals surface area contributed by atoms with E-state index in [0.717, 1.165) is 12.8 Å². The van der Waals surface area contributed by atoms with E-state index in [4.69, 9.17) is 16.0 Å². The fourth-order valence-corrected chi connectivity index (χ4v) is 1.25. The predicted molar refractivity (Wildman–Crippen MR) is 51.9 cm³/mol. The van der Waals surface area contributed by atoms with Crippen molar-refractivity contribution < 1.29 is 4.42 Å². The van der Waals surface area contributed by atoms with Gasteiger partial charge in [-0.05, 0) is 13.3 Å². The molecule has 13 heavy (non-hydrogen) atoms. The number of aromatic nitrogens is 2. The van der Waals surface area contributed by atoms with E-state index in [1.807, 2.05) is 6.92 Å². The summed E-state index contributed by atoms with van der Waals surface area (Å²) in [5.41, 5.74) is 0. The van der Waals surface area contributed by atoms with E-state index < -0.39 is 0 Å². The van der Waals surface area contributed by atoms with Crippen molar-refractivity contribution in [3.05, 3.63) is 11.8 Å². The lowest BCUT2D eigenvalue weighted by Crippen LogP contribution is -1.92. The molecule has 0 aliphatic rings. The summed E-state index contributed by atoms with van der Waals surface area (Å²) in [4.78, 5) is 0. The van der Waals surface area contributed by atoms with Crippen molar-refractivity contribution in [1.29, 1.82) is 0 Å². The van der Waals surface area contributed by atoms with Gasteiger partial charge in [0, 0.05) is 5.92 Å². The first kappa shape index (κ1) is 10.5. The SMILES string of the molecule is CCCC(C)c1nnc(C(C)Cl)o1. The molecule has 0 aliphatic carbocycles. The molecule has 0 amide bonds. The number of rotatable bonds is 4. The van der Waals surface area contributed by atoms with E-state index in [9.17, 15) is 0 Å². The molecule has 0 aromatic carbocycles. The van der Waals surface area contributed by atoms with E-state index in [2.05, 4.69) is 24.0 Å². The Morgan fingerprint density at radius 3 is 2.38 bits per heavy atom. The summed E-state index contributed by atoms with van der Waals surface area (Å²) in [5.74, 6) is 1.55. The number of hydrogen-bond donors (Lipinski definition) is 0. The molecule has 0 radical (unpaired) electrons. The average molecular weight is 203 g/mol. The minimum Gasteiger partial charge on any atom is -0.423 e. The fourth-order valence-electron chi connectivity index (χ4n) is 1.16. The molecule has 1 heterocycles. The Labute approximate surface area is 83.5 Å². The van der Waals surface area contributed by atoms with Crippen LogP contribution < -0.4 is 0 Å². The van der Waals surface area contributed by atoms with Crippen LogP contribution in [0.2, 0.25) is 0 Å². The van der Waals surface area contributed by atoms with Crippen LogP contribution in [0.3, 0.4) is 0 Å². The molecule has 74 valence electrons. The minimum absolute atomic E-state index is 0.199. The van der Waals surface area contributed by atoms with Crippen molar-refractivity contribution in [3.63, 3.8) is 0 Å². The van der Waals surface area contributed by atoms with Gasteiger partial charge in [-0.25, -0.2) is 0 Å². The van der Waals surface area contributed by atoms with Crippen LogP contribution in [0.25, 0.3) is 0 Å². The first-order valence-electron chi connectivity index (χ1n) is 4.62. The van der Waals surface area contributed by atoms with Gasteiger partial charge in [0.05, 0.1) is 0 Å². The second-order valence-corrected chi connectivity index (χ2v) is 3.94. The normalized spacial score (nSPS) is 15.7. The summed E-state index contributed by atoms with van der Waals surface area (Å²) in [6.07, 6.45) is 2.19. The van der Waals surface area contributed by atoms with Gasteiger partial charge in [0.15, 0.2) is 0 Å². The van der Waals surface area contributed by atoms with Crippen LogP contribution in [0.1, 0.15) is 56.7 Å². The van der Waals surface area contributed by atoms with E-state index >= 15 is 0 Å². The quantitative estimate of drug-likeness (QED) is 0.704. The Morgan fingerprint density at radius 2 is 1.92 bits per heavy atom. The molecule has 2 unspecified atom stereocenters. The zero-order valence-electron chi connectivity index (χ0n) is 8.25. The van der Waals surface area contributed by atoms with Crippen molar-refractivity contribution in [1.82, 2.24) is 10.2 Å². The highest BCUT2D eigenvalue weighted by atomic mass is 35.5. The molecule has 2 atom stereocenters. The highest BCUT2D eigenvalue weighted by Crippen LogP contribution is 2.23. The van der Waals surface area contributed by atoms with Gasteiger partial charge in [-0.15, -0.1) is 21.8 Å².